The van der Waals surface area contributed by atoms with Crippen molar-refractivity contribution < 1.29 is 14.7 Å². The van der Waals surface area contributed by atoms with Crippen molar-refractivity contribution in [2.75, 3.05) is 0 Å². The zero-order valence-corrected chi connectivity index (χ0v) is 9.19. The van der Waals surface area contributed by atoms with Gasteiger partial charge in [0.15, 0.2) is 0 Å². The van der Waals surface area contributed by atoms with Crippen LogP contribution in [0, 0.1) is 23.7 Å². The highest BCUT2D eigenvalue weighted by molar-refractivity contribution is 5.86. The second-order valence-corrected chi connectivity index (χ2v) is 5.51. The smallest absolute Gasteiger partial charge is 0.307 e. The molecule has 4 heteroatoms. The zero-order valence-electron chi connectivity index (χ0n) is 9.19. The Kier molecular flexibility index (Phi) is 2.19. The standard InChI is InChI=1S/C12H17NO3/c14-11(13-8-3-4-8)9-6-1-2-7(5-6)10(9)12(15)16/h6-10H,1-5H2,(H,13,14)(H,15,16). The molecule has 88 valence electrons. The van der Waals surface area contributed by atoms with Gasteiger partial charge >= 0.3 is 5.97 Å². The van der Waals surface area contributed by atoms with Gasteiger partial charge in [0.1, 0.15) is 0 Å². The largest absolute Gasteiger partial charge is 0.481 e. The molecule has 16 heavy (non-hydrogen) atoms. The highest BCUT2D eigenvalue weighted by Crippen LogP contribution is 2.52. The Hall–Kier alpha value is -1.06. The molecule has 0 heterocycles. The van der Waals surface area contributed by atoms with Crippen molar-refractivity contribution in [3.63, 3.8) is 0 Å². The van der Waals surface area contributed by atoms with Gasteiger partial charge in [0, 0.05) is 6.04 Å². The number of amides is 1. The van der Waals surface area contributed by atoms with Gasteiger partial charge in [-0.2, -0.15) is 0 Å². The summed E-state index contributed by atoms with van der Waals surface area (Å²) in [7, 11) is 0. The van der Waals surface area contributed by atoms with Crippen LogP contribution in [0.5, 0.6) is 0 Å². The molecule has 0 aromatic rings. The first kappa shape index (κ1) is 10.1. The minimum absolute atomic E-state index is 0.00194. The van der Waals surface area contributed by atoms with Gasteiger partial charge in [-0.25, -0.2) is 0 Å². The Balaban J connectivity index is 1.75. The maximum absolute atomic E-state index is 12.0. The number of hydrogen-bond acceptors (Lipinski definition) is 2. The molecule has 3 saturated carbocycles. The minimum Gasteiger partial charge on any atom is -0.481 e. The third-order valence-corrected chi connectivity index (χ3v) is 4.43. The lowest BCUT2D eigenvalue weighted by atomic mass is 9.78. The molecule has 3 aliphatic rings. The summed E-state index contributed by atoms with van der Waals surface area (Å²) in [5.74, 6) is -0.873. The number of hydrogen-bond donors (Lipinski definition) is 2. The normalized spacial score (nSPS) is 41.0. The number of fused-ring (bicyclic) bond motifs is 2. The fourth-order valence-corrected chi connectivity index (χ4v) is 3.55. The first-order chi connectivity index (χ1) is 7.66. The van der Waals surface area contributed by atoms with Crippen LogP contribution in [-0.2, 0) is 9.59 Å². The molecular weight excluding hydrogens is 206 g/mol. The van der Waals surface area contributed by atoms with E-state index >= 15 is 0 Å². The molecule has 0 aliphatic heterocycles. The summed E-state index contributed by atoms with van der Waals surface area (Å²) in [5, 5.41) is 12.2. The van der Waals surface area contributed by atoms with Gasteiger partial charge in [-0.15, -0.1) is 0 Å². The summed E-state index contributed by atoms with van der Waals surface area (Å²) in [5.41, 5.74) is 0. The minimum atomic E-state index is -0.775. The molecule has 4 atom stereocenters. The summed E-state index contributed by atoms with van der Waals surface area (Å²) in [6, 6.07) is 0.334. The average Bonchev–Trinajstić information content (AvgIpc) is 2.81. The van der Waals surface area contributed by atoms with Crippen LogP contribution in [0.15, 0.2) is 0 Å². The molecule has 0 aromatic carbocycles. The topological polar surface area (TPSA) is 66.4 Å². The van der Waals surface area contributed by atoms with Crippen molar-refractivity contribution in [3.8, 4) is 0 Å². The Morgan fingerprint density at radius 1 is 1.00 bits per heavy atom. The summed E-state index contributed by atoms with van der Waals surface area (Å²) in [4.78, 5) is 23.3. The lowest BCUT2D eigenvalue weighted by Crippen LogP contribution is -2.42. The number of aliphatic carboxylic acids is 1. The lowest BCUT2D eigenvalue weighted by molar-refractivity contribution is -0.149. The number of nitrogens with one attached hydrogen (secondary N) is 1. The van der Waals surface area contributed by atoms with Gasteiger partial charge in [-0.3, -0.25) is 9.59 Å². The van der Waals surface area contributed by atoms with Crippen molar-refractivity contribution in [1.29, 1.82) is 0 Å². The molecule has 4 nitrogen and oxygen atoms in total. The van der Waals surface area contributed by atoms with Crippen LogP contribution in [0.4, 0.5) is 0 Å². The molecule has 4 unspecified atom stereocenters. The Labute approximate surface area is 94.4 Å². The number of carboxylic acid groups (broad SMARTS) is 1. The Morgan fingerprint density at radius 3 is 2.19 bits per heavy atom. The molecule has 0 saturated heterocycles. The van der Waals surface area contributed by atoms with E-state index in [-0.39, 0.29) is 17.7 Å². The average molecular weight is 223 g/mol. The van der Waals surface area contributed by atoms with Crippen molar-refractivity contribution in [3.05, 3.63) is 0 Å². The maximum atomic E-state index is 12.0. The highest BCUT2D eigenvalue weighted by Gasteiger charge is 2.54. The van der Waals surface area contributed by atoms with E-state index in [2.05, 4.69) is 5.32 Å². The predicted octanol–water partition coefficient (Wildman–Crippen LogP) is 1.01. The van der Waals surface area contributed by atoms with Gasteiger partial charge in [0.2, 0.25) is 5.91 Å². The fraction of sp³-hybridized carbons (Fsp3) is 0.833. The van der Waals surface area contributed by atoms with E-state index in [1.54, 1.807) is 0 Å². The number of rotatable bonds is 3. The van der Waals surface area contributed by atoms with Gasteiger partial charge < -0.3 is 10.4 Å². The van der Waals surface area contributed by atoms with Gasteiger partial charge in [0.25, 0.3) is 0 Å². The van der Waals surface area contributed by atoms with Crippen LogP contribution in [0.25, 0.3) is 0 Å². The number of carbonyl (C=O) groups excluding carboxylic acids is 1. The molecule has 2 N–H and O–H groups in total. The van der Waals surface area contributed by atoms with Crippen molar-refractivity contribution in [2.45, 2.75) is 38.1 Å². The zero-order chi connectivity index (χ0) is 11.3. The van der Waals surface area contributed by atoms with Gasteiger partial charge in [0.05, 0.1) is 11.8 Å². The summed E-state index contributed by atoms with van der Waals surface area (Å²) < 4.78 is 0. The quantitative estimate of drug-likeness (QED) is 0.750. The van der Waals surface area contributed by atoms with Crippen LogP contribution >= 0.6 is 0 Å². The second kappa shape index (κ2) is 3.47. The van der Waals surface area contributed by atoms with Crippen LogP contribution in [-0.4, -0.2) is 23.0 Å². The Morgan fingerprint density at radius 2 is 1.62 bits per heavy atom. The third kappa shape index (κ3) is 1.51. The first-order valence-electron chi connectivity index (χ1n) is 6.20. The van der Waals surface area contributed by atoms with Crippen molar-refractivity contribution in [1.82, 2.24) is 5.32 Å². The number of carboxylic acids is 1. The molecule has 1 amide bonds. The molecule has 0 aromatic heterocycles. The van der Waals surface area contributed by atoms with E-state index in [1.165, 1.54) is 0 Å². The number of carbonyl (C=O) groups is 2. The van der Waals surface area contributed by atoms with Gasteiger partial charge in [-0.1, -0.05) is 0 Å². The van der Waals surface area contributed by atoms with Crippen LogP contribution in [0.3, 0.4) is 0 Å². The predicted molar refractivity (Wildman–Crippen MR) is 56.6 cm³/mol. The van der Waals surface area contributed by atoms with E-state index in [4.69, 9.17) is 0 Å². The molecule has 0 radical (unpaired) electrons. The molecule has 3 aliphatic carbocycles. The van der Waals surface area contributed by atoms with E-state index in [9.17, 15) is 14.7 Å². The molecule has 2 bridgehead atoms. The summed E-state index contributed by atoms with van der Waals surface area (Å²) >= 11 is 0. The second-order valence-electron chi connectivity index (χ2n) is 5.51. The highest BCUT2D eigenvalue weighted by atomic mass is 16.4. The van der Waals surface area contributed by atoms with Crippen molar-refractivity contribution >= 4 is 11.9 Å². The molecule has 3 fully saturated rings. The van der Waals surface area contributed by atoms with Gasteiger partial charge in [-0.05, 0) is 43.9 Å². The SMILES string of the molecule is O=C(O)C1C2CCC(C2)C1C(=O)NC1CC1. The van der Waals surface area contributed by atoms with Crippen LogP contribution in [0.1, 0.15) is 32.1 Å². The lowest BCUT2D eigenvalue weighted by Gasteiger charge is -2.27. The van der Waals surface area contributed by atoms with Crippen LogP contribution < -0.4 is 5.32 Å². The third-order valence-electron chi connectivity index (χ3n) is 4.43. The van der Waals surface area contributed by atoms with E-state index in [0.29, 0.717) is 12.0 Å². The van der Waals surface area contributed by atoms with Crippen LogP contribution in [0.2, 0.25) is 0 Å². The Bertz CT molecular complexity index is 337. The maximum Gasteiger partial charge on any atom is 0.307 e. The van der Waals surface area contributed by atoms with E-state index in [1.807, 2.05) is 0 Å². The van der Waals surface area contributed by atoms with E-state index in [0.717, 1.165) is 32.1 Å². The summed E-state index contributed by atoms with van der Waals surface area (Å²) in [6.45, 7) is 0. The molecule has 0 spiro atoms. The van der Waals surface area contributed by atoms with E-state index < -0.39 is 11.9 Å². The summed E-state index contributed by atoms with van der Waals surface area (Å²) in [6.07, 6.45) is 5.10. The van der Waals surface area contributed by atoms with Crippen molar-refractivity contribution in [2.24, 2.45) is 23.7 Å². The molecular formula is C12H17NO3. The fourth-order valence-electron chi connectivity index (χ4n) is 3.55. The molecule has 3 rings (SSSR count). The monoisotopic (exact) mass is 223 g/mol. The first-order valence-corrected chi connectivity index (χ1v) is 6.20.